The Morgan fingerprint density at radius 1 is 1.53 bits per heavy atom. The van der Waals surface area contributed by atoms with Gasteiger partial charge in [-0.2, -0.15) is 8.78 Å². The third-order valence-electron chi connectivity index (χ3n) is 2.36. The fourth-order valence-corrected chi connectivity index (χ4v) is 2.48. The van der Waals surface area contributed by atoms with Crippen LogP contribution in [0.1, 0.15) is 0 Å². The van der Waals surface area contributed by atoms with Crippen LogP contribution < -0.4 is 15.4 Å². The number of thioether (sulfide) groups is 1. The number of alkyl halides is 2. The molecule has 1 aliphatic heterocycles. The molecule has 1 aromatic rings. The van der Waals surface area contributed by atoms with E-state index in [-0.39, 0.29) is 30.1 Å². The smallest absolute Gasteiger partial charge is 0.387 e. The number of amides is 1. The van der Waals surface area contributed by atoms with E-state index in [1.165, 1.54) is 12.1 Å². The zero-order chi connectivity index (χ0) is 13.0. The van der Waals surface area contributed by atoms with E-state index in [1.54, 1.807) is 23.9 Å². The molecule has 1 amide bonds. The number of hydrogen-bond donors (Lipinski definition) is 2. The van der Waals surface area contributed by atoms with Crippen molar-refractivity contribution in [1.82, 2.24) is 5.32 Å². The van der Waals surface area contributed by atoms with Crippen molar-refractivity contribution in [2.45, 2.75) is 12.7 Å². The molecule has 106 valence electrons. The summed E-state index contributed by atoms with van der Waals surface area (Å²) in [5.41, 5.74) is 0.442. The maximum atomic E-state index is 12.0. The Kier molecular flexibility index (Phi) is 6.33. The van der Waals surface area contributed by atoms with Crippen LogP contribution in [0.2, 0.25) is 0 Å². The summed E-state index contributed by atoms with van der Waals surface area (Å²) in [4.78, 5) is 11.8. The highest BCUT2D eigenvalue weighted by molar-refractivity contribution is 7.99. The first-order chi connectivity index (χ1) is 8.65. The van der Waals surface area contributed by atoms with Crippen LogP contribution in [0.15, 0.2) is 24.3 Å². The SMILES string of the molecule is Cl.O=C(Nc1cccc(OC(F)F)c1)C1CSCN1. The van der Waals surface area contributed by atoms with Crippen molar-refractivity contribution >= 4 is 35.8 Å². The normalized spacial score (nSPS) is 17.9. The summed E-state index contributed by atoms with van der Waals surface area (Å²) >= 11 is 1.64. The summed E-state index contributed by atoms with van der Waals surface area (Å²) in [5.74, 6) is 1.30. The molecule has 1 aliphatic rings. The van der Waals surface area contributed by atoms with Crippen molar-refractivity contribution in [3.05, 3.63) is 24.3 Å². The Morgan fingerprint density at radius 3 is 2.95 bits per heavy atom. The number of carbonyl (C=O) groups excluding carboxylic acids is 1. The van der Waals surface area contributed by atoms with Crippen LogP contribution in [-0.2, 0) is 4.79 Å². The third-order valence-corrected chi connectivity index (χ3v) is 3.30. The Labute approximate surface area is 119 Å². The van der Waals surface area contributed by atoms with Crippen molar-refractivity contribution in [1.29, 1.82) is 0 Å². The zero-order valence-electron chi connectivity index (χ0n) is 9.77. The summed E-state index contributed by atoms with van der Waals surface area (Å²) in [6.45, 7) is -2.87. The molecule has 19 heavy (non-hydrogen) atoms. The largest absolute Gasteiger partial charge is 0.435 e. The lowest BCUT2D eigenvalue weighted by Crippen LogP contribution is -2.37. The number of hydrogen-bond acceptors (Lipinski definition) is 4. The standard InChI is InChI=1S/C11H12F2N2O2S.ClH/c12-11(13)17-8-3-1-2-7(4-8)15-10(16)9-5-18-6-14-9;/h1-4,9,11,14H,5-6H2,(H,15,16);1H. The fourth-order valence-electron chi connectivity index (χ4n) is 1.54. The second-order valence-electron chi connectivity index (χ2n) is 3.67. The zero-order valence-corrected chi connectivity index (χ0v) is 11.4. The Bertz CT molecular complexity index is 431. The van der Waals surface area contributed by atoms with Gasteiger partial charge in [0.05, 0.1) is 6.04 Å². The van der Waals surface area contributed by atoms with Gasteiger partial charge in [-0.15, -0.1) is 24.2 Å². The number of halogens is 3. The molecule has 1 fully saturated rings. The van der Waals surface area contributed by atoms with Gasteiger partial charge in [-0.1, -0.05) is 6.07 Å². The van der Waals surface area contributed by atoms with Gasteiger partial charge in [0.1, 0.15) is 5.75 Å². The molecule has 0 spiro atoms. The molecule has 2 N–H and O–H groups in total. The number of nitrogens with one attached hydrogen (secondary N) is 2. The molecular formula is C11H13ClF2N2O2S. The number of ether oxygens (including phenoxy) is 1. The minimum Gasteiger partial charge on any atom is -0.435 e. The van der Waals surface area contributed by atoms with E-state index < -0.39 is 6.61 Å². The van der Waals surface area contributed by atoms with E-state index >= 15 is 0 Å². The molecule has 1 heterocycles. The number of anilines is 1. The third kappa shape index (κ3) is 4.85. The van der Waals surface area contributed by atoms with Crippen LogP contribution in [0.4, 0.5) is 14.5 Å². The van der Waals surface area contributed by atoms with E-state index in [4.69, 9.17) is 0 Å². The molecule has 0 aliphatic carbocycles. The lowest BCUT2D eigenvalue weighted by Gasteiger charge is -2.11. The molecule has 0 aromatic heterocycles. The van der Waals surface area contributed by atoms with Crippen molar-refractivity contribution in [2.24, 2.45) is 0 Å². The summed E-state index contributed by atoms with van der Waals surface area (Å²) < 4.78 is 28.3. The molecule has 0 bridgehead atoms. The van der Waals surface area contributed by atoms with Crippen LogP contribution >= 0.6 is 24.2 Å². The molecule has 1 saturated heterocycles. The molecule has 1 atom stereocenters. The summed E-state index contributed by atoms with van der Waals surface area (Å²) in [5, 5.41) is 5.68. The Hall–Kier alpha value is -1.05. The maximum Gasteiger partial charge on any atom is 0.387 e. The Balaban J connectivity index is 0.00000180. The first kappa shape index (κ1) is 16.0. The number of rotatable bonds is 4. The van der Waals surface area contributed by atoms with E-state index in [9.17, 15) is 13.6 Å². The van der Waals surface area contributed by atoms with Gasteiger partial charge in [0.2, 0.25) is 5.91 Å². The highest BCUT2D eigenvalue weighted by atomic mass is 35.5. The van der Waals surface area contributed by atoms with Crippen molar-refractivity contribution in [3.8, 4) is 5.75 Å². The molecule has 0 radical (unpaired) electrons. The predicted octanol–water partition coefficient (Wildman–Crippen LogP) is 2.31. The summed E-state index contributed by atoms with van der Waals surface area (Å²) in [7, 11) is 0. The van der Waals surface area contributed by atoms with Gasteiger partial charge in [-0.3, -0.25) is 10.1 Å². The van der Waals surface area contributed by atoms with E-state index in [0.29, 0.717) is 11.4 Å². The average Bonchev–Trinajstić information content (AvgIpc) is 2.81. The lowest BCUT2D eigenvalue weighted by molar-refractivity contribution is -0.117. The lowest BCUT2D eigenvalue weighted by atomic mass is 10.2. The predicted molar refractivity (Wildman–Crippen MR) is 73.2 cm³/mol. The van der Waals surface area contributed by atoms with Crippen LogP contribution in [0, 0.1) is 0 Å². The van der Waals surface area contributed by atoms with Gasteiger partial charge < -0.3 is 10.1 Å². The van der Waals surface area contributed by atoms with Crippen molar-refractivity contribution < 1.29 is 18.3 Å². The van der Waals surface area contributed by atoms with Crippen LogP contribution in [0.5, 0.6) is 5.75 Å². The minimum atomic E-state index is -2.87. The molecule has 2 rings (SSSR count). The van der Waals surface area contributed by atoms with Crippen LogP contribution in [-0.4, -0.2) is 30.2 Å². The molecular weight excluding hydrogens is 298 g/mol. The van der Waals surface area contributed by atoms with Gasteiger partial charge in [-0.25, -0.2) is 0 Å². The van der Waals surface area contributed by atoms with Crippen molar-refractivity contribution in [3.63, 3.8) is 0 Å². The topological polar surface area (TPSA) is 50.4 Å². The number of carbonyl (C=O) groups is 1. The summed E-state index contributed by atoms with van der Waals surface area (Å²) in [6, 6.07) is 5.70. The van der Waals surface area contributed by atoms with Crippen LogP contribution in [0.25, 0.3) is 0 Å². The van der Waals surface area contributed by atoms with Gasteiger partial charge in [0, 0.05) is 23.4 Å². The van der Waals surface area contributed by atoms with Gasteiger partial charge >= 0.3 is 6.61 Å². The average molecular weight is 311 g/mol. The highest BCUT2D eigenvalue weighted by Crippen LogP contribution is 2.20. The monoisotopic (exact) mass is 310 g/mol. The van der Waals surface area contributed by atoms with E-state index in [0.717, 1.165) is 5.88 Å². The fraction of sp³-hybridized carbons (Fsp3) is 0.364. The van der Waals surface area contributed by atoms with Gasteiger partial charge in [-0.05, 0) is 12.1 Å². The van der Waals surface area contributed by atoms with Crippen molar-refractivity contribution in [2.75, 3.05) is 16.9 Å². The molecule has 1 unspecified atom stereocenters. The van der Waals surface area contributed by atoms with Gasteiger partial charge in [0.25, 0.3) is 0 Å². The molecule has 4 nitrogen and oxygen atoms in total. The summed E-state index contributed by atoms with van der Waals surface area (Å²) in [6.07, 6.45) is 0. The molecule has 0 saturated carbocycles. The second kappa shape index (κ2) is 7.52. The first-order valence-electron chi connectivity index (χ1n) is 5.32. The van der Waals surface area contributed by atoms with Crippen LogP contribution in [0.3, 0.4) is 0 Å². The Morgan fingerprint density at radius 2 is 2.32 bits per heavy atom. The molecule has 1 aromatic carbocycles. The maximum absolute atomic E-state index is 12.0. The van der Waals surface area contributed by atoms with Gasteiger partial charge in [0.15, 0.2) is 0 Å². The second-order valence-corrected chi connectivity index (χ2v) is 4.70. The highest BCUT2D eigenvalue weighted by Gasteiger charge is 2.22. The molecule has 8 heteroatoms. The first-order valence-corrected chi connectivity index (χ1v) is 6.47. The number of benzene rings is 1. The van der Waals surface area contributed by atoms with E-state index in [1.807, 2.05) is 0 Å². The minimum absolute atomic E-state index is 0. The van der Waals surface area contributed by atoms with E-state index in [2.05, 4.69) is 15.4 Å². The quantitative estimate of drug-likeness (QED) is 0.896.